The van der Waals surface area contributed by atoms with Crippen LogP contribution in [0.25, 0.3) is 0 Å². The van der Waals surface area contributed by atoms with E-state index in [1.807, 2.05) is 12.1 Å². The van der Waals surface area contributed by atoms with Gasteiger partial charge >= 0.3 is 5.97 Å². The van der Waals surface area contributed by atoms with E-state index < -0.39 is 12.0 Å². The molecule has 6 heteroatoms. The number of hydrogen-bond acceptors (Lipinski definition) is 4. The summed E-state index contributed by atoms with van der Waals surface area (Å²) in [6, 6.07) is 4.40. The van der Waals surface area contributed by atoms with Crippen LogP contribution in [0, 0.1) is 12.3 Å². The van der Waals surface area contributed by atoms with Crippen LogP contribution in [-0.2, 0) is 16.0 Å². The quantitative estimate of drug-likeness (QED) is 0.761. The van der Waals surface area contributed by atoms with Crippen molar-refractivity contribution in [3.63, 3.8) is 0 Å². The van der Waals surface area contributed by atoms with Gasteiger partial charge in [-0.25, -0.2) is 4.79 Å². The van der Waals surface area contributed by atoms with Crippen molar-refractivity contribution in [3.8, 4) is 23.8 Å². The average molecular weight is 289 g/mol. The molecule has 21 heavy (non-hydrogen) atoms. The Morgan fingerprint density at radius 3 is 2.86 bits per heavy atom. The summed E-state index contributed by atoms with van der Waals surface area (Å²) in [6.07, 6.45) is 5.68. The lowest BCUT2D eigenvalue weighted by molar-refractivity contribution is -0.141. The zero-order valence-corrected chi connectivity index (χ0v) is 11.3. The highest BCUT2D eigenvalue weighted by Crippen LogP contribution is 2.32. The Hall–Kier alpha value is -2.68. The minimum atomic E-state index is -1.13. The number of carbonyl (C=O) groups is 2. The average Bonchev–Trinajstić information content (AvgIpc) is 2.92. The number of ether oxygens (including phenoxy) is 2. The van der Waals surface area contributed by atoms with E-state index in [-0.39, 0.29) is 25.5 Å². The second kappa shape index (κ2) is 6.66. The van der Waals surface area contributed by atoms with E-state index in [0.717, 1.165) is 5.56 Å². The zero-order valence-electron chi connectivity index (χ0n) is 11.3. The van der Waals surface area contributed by atoms with Gasteiger partial charge in [0.25, 0.3) is 0 Å². The fourth-order valence-electron chi connectivity index (χ4n) is 1.94. The van der Waals surface area contributed by atoms with E-state index in [2.05, 4.69) is 11.2 Å². The Kier molecular flexibility index (Phi) is 4.67. The number of aliphatic carboxylic acids is 1. The molecule has 1 amide bonds. The summed E-state index contributed by atoms with van der Waals surface area (Å²) in [5, 5.41) is 11.3. The van der Waals surface area contributed by atoms with Crippen LogP contribution in [0.1, 0.15) is 18.4 Å². The third-order valence-electron chi connectivity index (χ3n) is 3.03. The van der Waals surface area contributed by atoms with Crippen molar-refractivity contribution in [3.05, 3.63) is 23.8 Å². The zero-order chi connectivity index (χ0) is 15.2. The minimum Gasteiger partial charge on any atom is -0.480 e. The largest absolute Gasteiger partial charge is 0.480 e. The van der Waals surface area contributed by atoms with Crippen molar-refractivity contribution >= 4 is 11.9 Å². The molecule has 0 saturated heterocycles. The van der Waals surface area contributed by atoms with Gasteiger partial charge in [-0.15, -0.1) is 12.3 Å². The Morgan fingerprint density at radius 2 is 2.14 bits per heavy atom. The number of amides is 1. The lowest BCUT2D eigenvalue weighted by atomic mass is 10.1. The number of aryl methyl sites for hydroxylation is 1. The maximum absolute atomic E-state index is 11.7. The summed E-state index contributed by atoms with van der Waals surface area (Å²) >= 11 is 0. The molecule has 0 saturated carbocycles. The molecule has 110 valence electrons. The molecule has 1 aliphatic heterocycles. The predicted molar refractivity (Wildman–Crippen MR) is 73.9 cm³/mol. The summed E-state index contributed by atoms with van der Waals surface area (Å²) in [6.45, 7) is 0.200. The lowest BCUT2D eigenvalue weighted by Crippen LogP contribution is -2.40. The molecule has 1 aliphatic rings. The topological polar surface area (TPSA) is 84.9 Å². The van der Waals surface area contributed by atoms with Crippen molar-refractivity contribution in [1.82, 2.24) is 5.32 Å². The lowest BCUT2D eigenvalue weighted by Gasteiger charge is -2.11. The first-order valence-corrected chi connectivity index (χ1v) is 6.44. The van der Waals surface area contributed by atoms with Gasteiger partial charge in [-0.05, 0) is 24.1 Å². The van der Waals surface area contributed by atoms with Gasteiger partial charge < -0.3 is 19.9 Å². The van der Waals surface area contributed by atoms with Gasteiger partial charge in [0.05, 0.1) is 0 Å². The van der Waals surface area contributed by atoms with E-state index in [1.54, 1.807) is 6.07 Å². The molecule has 1 atom stereocenters. The van der Waals surface area contributed by atoms with Crippen LogP contribution in [0.5, 0.6) is 11.5 Å². The van der Waals surface area contributed by atoms with Crippen LogP contribution in [-0.4, -0.2) is 29.8 Å². The highest BCUT2D eigenvalue weighted by Gasteiger charge is 2.19. The summed E-state index contributed by atoms with van der Waals surface area (Å²) in [4.78, 5) is 22.6. The molecular formula is C15H15NO5. The maximum Gasteiger partial charge on any atom is 0.327 e. The highest BCUT2D eigenvalue weighted by atomic mass is 16.7. The normalized spacial score (nSPS) is 13.3. The van der Waals surface area contributed by atoms with Crippen molar-refractivity contribution in [2.45, 2.75) is 25.3 Å². The molecule has 6 nitrogen and oxygen atoms in total. The first kappa shape index (κ1) is 14.7. The number of benzene rings is 1. The first-order chi connectivity index (χ1) is 10.1. The fourth-order valence-corrected chi connectivity index (χ4v) is 1.94. The minimum absolute atomic E-state index is 0.0366. The number of terminal acetylenes is 1. The van der Waals surface area contributed by atoms with E-state index >= 15 is 0 Å². The van der Waals surface area contributed by atoms with Gasteiger partial charge in [-0.1, -0.05) is 6.07 Å². The van der Waals surface area contributed by atoms with Crippen molar-refractivity contribution in [2.75, 3.05) is 6.79 Å². The summed E-state index contributed by atoms with van der Waals surface area (Å²) in [7, 11) is 0. The Labute approximate surface area is 122 Å². The second-order valence-electron chi connectivity index (χ2n) is 4.55. The molecule has 0 spiro atoms. The molecule has 0 aliphatic carbocycles. The van der Waals surface area contributed by atoms with E-state index in [1.165, 1.54) is 0 Å². The molecule has 2 rings (SSSR count). The fraction of sp³-hybridized carbons (Fsp3) is 0.333. The number of carboxylic acids is 1. The molecule has 2 N–H and O–H groups in total. The van der Waals surface area contributed by atoms with Crippen LogP contribution in [0.15, 0.2) is 18.2 Å². The van der Waals surface area contributed by atoms with Crippen molar-refractivity contribution in [2.24, 2.45) is 0 Å². The number of carboxylic acid groups (broad SMARTS) is 1. The third kappa shape index (κ3) is 3.89. The van der Waals surface area contributed by atoms with E-state index in [4.69, 9.17) is 21.0 Å². The van der Waals surface area contributed by atoms with Gasteiger partial charge in [-0.3, -0.25) is 4.79 Å². The van der Waals surface area contributed by atoms with Crippen LogP contribution >= 0.6 is 0 Å². The van der Waals surface area contributed by atoms with Gasteiger partial charge in [-0.2, -0.15) is 0 Å². The van der Waals surface area contributed by atoms with Gasteiger partial charge in [0.2, 0.25) is 12.7 Å². The highest BCUT2D eigenvalue weighted by molar-refractivity contribution is 5.83. The molecule has 0 fully saturated rings. The first-order valence-electron chi connectivity index (χ1n) is 6.44. The van der Waals surface area contributed by atoms with Crippen molar-refractivity contribution < 1.29 is 24.2 Å². The van der Waals surface area contributed by atoms with Crippen molar-refractivity contribution in [1.29, 1.82) is 0 Å². The van der Waals surface area contributed by atoms with Crippen LogP contribution in [0.4, 0.5) is 0 Å². The van der Waals surface area contributed by atoms with E-state index in [0.29, 0.717) is 17.9 Å². The molecule has 0 aromatic heterocycles. The second-order valence-corrected chi connectivity index (χ2v) is 4.55. The third-order valence-corrected chi connectivity index (χ3v) is 3.03. The Morgan fingerprint density at radius 1 is 1.38 bits per heavy atom. The number of nitrogens with one attached hydrogen (secondary N) is 1. The van der Waals surface area contributed by atoms with Gasteiger partial charge in [0, 0.05) is 12.8 Å². The molecule has 0 bridgehead atoms. The molecule has 0 radical (unpaired) electrons. The predicted octanol–water partition coefficient (Wildman–Crippen LogP) is 0.941. The summed E-state index contributed by atoms with van der Waals surface area (Å²) in [5.41, 5.74) is 0.915. The maximum atomic E-state index is 11.7. The smallest absolute Gasteiger partial charge is 0.327 e. The Bertz CT molecular complexity index is 590. The van der Waals surface area contributed by atoms with Crippen LogP contribution < -0.4 is 14.8 Å². The number of rotatable bonds is 6. The van der Waals surface area contributed by atoms with Gasteiger partial charge in [0.15, 0.2) is 11.5 Å². The molecule has 1 unspecified atom stereocenters. The number of fused-ring (bicyclic) bond motifs is 1. The summed E-state index contributed by atoms with van der Waals surface area (Å²) in [5.74, 6) is 2.08. The molecule has 1 aromatic rings. The number of carbonyl (C=O) groups excluding carboxylic acids is 1. The van der Waals surface area contributed by atoms with Crippen LogP contribution in [0.3, 0.4) is 0 Å². The van der Waals surface area contributed by atoms with Gasteiger partial charge in [0.1, 0.15) is 6.04 Å². The number of hydrogen-bond donors (Lipinski definition) is 2. The Balaban J connectivity index is 1.86. The van der Waals surface area contributed by atoms with E-state index in [9.17, 15) is 9.59 Å². The summed E-state index contributed by atoms with van der Waals surface area (Å²) < 4.78 is 10.5. The molecular weight excluding hydrogens is 274 g/mol. The standard InChI is InChI=1S/C15H15NO5/c1-2-3-11(15(18)19)16-14(17)7-5-10-4-6-12-13(8-10)21-9-20-12/h1,4,6,8,11H,3,5,7,9H2,(H,16,17)(H,18,19). The molecule has 1 aromatic carbocycles. The molecule has 1 heterocycles. The SMILES string of the molecule is C#CCC(NC(=O)CCc1ccc2c(c1)OCO2)C(=O)O. The monoisotopic (exact) mass is 289 g/mol. The van der Waals surface area contributed by atoms with Crippen LogP contribution in [0.2, 0.25) is 0 Å².